The van der Waals surface area contributed by atoms with Crippen LogP contribution in [0.1, 0.15) is 20.8 Å². The van der Waals surface area contributed by atoms with Crippen molar-refractivity contribution in [3.63, 3.8) is 0 Å². The lowest BCUT2D eigenvalue weighted by atomic mass is 10.2. The summed E-state index contributed by atoms with van der Waals surface area (Å²) in [7, 11) is 1.43. The summed E-state index contributed by atoms with van der Waals surface area (Å²) < 4.78 is 53.0. The molecule has 8 heteroatoms. The van der Waals surface area contributed by atoms with Crippen LogP contribution in [0.2, 0.25) is 0 Å². The zero-order chi connectivity index (χ0) is 17.7. The number of hydrogen-bond donors (Lipinski definition) is 0. The number of carbonyl (C=O) groups is 1. The fourth-order valence-corrected chi connectivity index (χ4v) is 1.45. The lowest BCUT2D eigenvalue weighted by Gasteiger charge is -2.20. The Bertz CT molecular complexity index is 560. The van der Waals surface area contributed by atoms with Crippen molar-refractivity contribution < 1.29 is 32.2 Å². The smallest absolute Gasteiger partial charge is 0.468 e. The Hall–Kier alpha value is -2.25. The summed E-state index contributed by atoms with van der Waals surface area (Å²) in [6.07, 6.45) is -4.83. The first-order valence-electron chi connectivity index (χ1n) is 6.66. The van der Waals surface area contributed by atoms with Crippen molar-refractivity contribution in [1.82, 2.24) is 0 Å². The predicted molar refractivity (Wildman–Crippen MR) is 77.9 cm³/mol. The number of benzene rings is 1. The van der Waals surface area contributed by atoms with Gasteiger partial charge < -0.3 is 14.2 Å². The largest absolute Gasteiger partial charge is 0.497 e. The molecule has 0 heterocycles. The highest BCUT2D eigenvalue weighted by Crippen LogP contribution is 2.24. The molecule has 0 atom stereocenters. The first-order chi connectivity index (χ1) is 10.5. The molecule has 0 saturated heterocycles. The van der Waals surface area contributed by atoms with Crippen LogP contribution in [0.3, 0.4) is 0 Å². The van der Waals surface area contributed by atoms with Gasteiger partial charge in [-0.25, -0.2) is 9.79 Å². The summed E-state index contributed by atoms with van der Waals surface area (Å²) >= 11 is 0. The molecular weight excluding hydrogens is 315 g/mol. The molecule has 128 valence electrons. The first kappa shape index (κ1) is 18.8. The number of aliphatic imine (C=N–C) groups is 1. The molecule has 0 fully saturated rings. The number of methoxy groups -OCH3 is 1. The number of esters is 1. The van der Waals surface area contributed by atoms with Gasteiger partial charge in [0.05, 0.1) is 12.8 Å². The maximum Gasteiger partial charge on any atom is 0.468 e. The lowest BCUT2D eigenvalue weighted by Crippen LogP contribution is -2.31. The zero-order valence-corrected chi connectivity index (χ0v) is 13.2. The van der Waals surface area contributed by atoms with Crippen molar-refractivity contribution in [3.8, 4) is 5.75 Å². The standard InChI is InChI=1S/C15H18F3NO4/c1-14(2,3)23-12(20)9-22-13(15(16,17)18)19-10-5-7-11(21-4)8-6-10/h5-8H,9H2,1-4H3. The van der Waals surface area contributed by atoms with Crippen LogP contribution >= 0.6 is 0 Å². The average Bonchev–Trinajstić information content (AvgIpc) is 2.41. The van der Waals surface area contributed by atoms with Crippen molar-refractivity contribution in [2.45, 2.75) is 32.5 Å². The summed E-state index contributed by atoms with van der Waals surface area (Å²) in [6, 6.07) is 5.59. The normalized spacial score (nSPS) is 12.7. The summed E-state index contributed by atoms with van der Waals surface area (Å²) in [4.78, 5) is 14.8. The minimum absolute atomic E-state index is 0.0160. The molecule has 0 unspecified atom stereocenters. The fraction of sp³-hybridized carbons (Fsp3) is 0.467. The number of carbonyl (C=O) groups excluding carboxylic acids is 1. The van der Waals surface area contributed by atoms with Crippen LogP contribution in [0.25, 0.3) is 0 Å². The summed E-state index contributed by atoms with van der Waals surface area (Å²) in [6.45, 7) is 3.91. The van der Waals surface area contributed by atoms with Crippen molar-refractivity contribution in [2.75, 3.05) is 13.7 Å². The molecule has 1 rings (SSSR count). The van der Waals surface area contributed by atoms with Gasteiger partial charge in [0.25, 0.3) is 5.90 Å². The number of hydrogen-bond acceptors (Lipinski definition) is 5. The first-order valence-corrected chi connectivity index (χ1v) is 6.66. The van der Waals surface area contributed by atoms with Gasteiger partial charge in [0, 0.05) is 0 Å². The van der Waals surface area contributed by atoms with Gasteiger partial charge in [-0.2, -0.15) is 13.2 Å². The van der Waals surface area contributed by atoms with E-state index < -0.39 is 30.3 Å². The van der Waals surface area contributed by atoms with E-state index in [-0.39, 0.29) is 5.69 Å². The summed E-state index contributed by atoms with van der Waals surface area (Å²) in [5.41, 5.74) is -0.797. The molecule has 0 amide bonds. The van der Waals surface area contributed by atoms with Gasteiger partial charge in [-0.15, -0.1) is 0 Å². The quantitative estimate of drug-likeness (QED) is 0.479. The third-order valence-corrected chi connectivity index (χ3v) is 2.29. The maximum absolute atomic E-state index is 12.9. The third kappa shape index (κ3) is 7.03. The Morgan fingerprint density at radius 3 is 2.13 bits per heavy atom. The molecule has 0 saturated carbocycles. The van der Waals surface area contributed by atoms with Crippen LogP contribution in [0.15, 0.2) is 29.3 Å². The molecule has 0 spiro atoms. The highest BCUT2D eigenvalue weighted by atomic mass is 19.4. The minimum Gasteiger partial charge on any atom is -0.497 e. The monoisotopic (exact) mass is 333 g/mol. The van der Waals surface area contributed by atoms with E-state index in [1.54, 1.807) is 20.8 Å². The van der Waals surface area contributed by atoms with Crippen LogP contribution in [-0.4, -0.2) is 37.4 Å². The molecule has 1 aromatic rings. The minimum atomic E-state index is -4.83. The maximum atomic E-state index is 12.9. The van der Waals surface area contributed by atoms with Crippen LogP contribution < -0.4 is 4.74 Å². The Morgan fingerprint density at radius 1 is 1.13 bits per heavy atom. The van der Waals surface area contributed by atoms with E-state index in [0.29, 0.717) is 5.75 Å². The van der Waals surface area contributed by atoms with Gasteiger partial charge in [0.2, 0.25) is 0 Å². The second kappa shape index (κ2) is 7.34. The number of nitrogens with zero attached hydrogens (tertiary/aromatic N) is 1. The van der Waals surface area contributed by atoms with Gasteiger partial charge >= 0.3 is 12.1 Å². The number of halogens is 3. The fourth-order valence-electron chi connectivity index (χ4n) is 1.45. The van der Waals surface area contributed by atoms with E-state index >= 15 is 0 Å². The number of ether oxygens (including phenoxy) is 3. The summed E-state index contributed by atoms with van der Waals surface area (Å²) in [5, 5.41) is 0. The van der Waals surface area contributed by atoms with Crippen LogP contribution in [0.4, 0.5) is 18.9 Å². The Morgan fingerprint density at radius 2 is 1.70 bits per heavy atom. The van der Waals surface area contributed by atoms with Crippen molar-refractivity contribution in [2.24, 2.45) is 4.99 Å². The Labute approximate surface area is 132 Å². The molecule has 0 aromatic heterocycles. The molecule has 0 aliphatic heterocycles. The van der Waals surface area contributed by atoms with E-state index in [2.05, 4.69) is 9.73 Å². The van der Waals surface area contributed by atoms with E-state index in [0.717, 1.165) is 0 Å². The zero-order valence-electron chi connectivity index (χ0n) is 13.2. The van der Waals surface area contributed by atoms with E-state index in [4.69, 9.17) is 9.47 Å². The molecule has 0 aliphatic rings. The molecule has 0 radical (unpaired) electrons. The second-order valence-electron chi connectivity index (χ2n) is 5.49. The highest BCUT2D eigenvalue weighted by Gasteiger charge is 2.39. The molecular formula is C15H18F3NO4. The van der Waals surface area contributed by atoms with Crippen LogP contribution in [0, 0.1) is 0 Å². The van der Waals surface area contributed by atoms with Gasteiger partial charge in [-0.05, 0) is 45.0 Å². The van der Waals surface area contributed by atoms with E-state index in [1.807, 2.05) is 0 Å². The Balaban J connectivity index is 2.84. The van der Waals surface area contributed by atoms with Crippen molar-refractivity contribution in [3.05, 3.63) is 24.3 Å². The Kier molecular flexibility index (Phi) is 6.00. The van der Waals surface area contributed by atoms with E-state index in [1.165, 1.54) is 31.4 Å². The lowest BCUT2D eigenvalue weighted by molar-refractivity contribution is -0.158. The SMILES string of the molecule is COc1ccc(N=C(OCC(=O)OC(C)(C)C)C(F)(F)F)cc1. The summed E-state index contributed by atoms with van der Waals surface area (Å²) in [5.74, 6) is -1.95. The van der Waals surface area contributed by atoms with Gasteiger partial charge in [-0.1, -0.05) is 0 Å². The topological polar surface area (TPSA) is 57.1 Å². The second-order valence-corrected chi connectivity index (χ2v) is 5.49. The molecule has 23 heavy (non-hydrogen) atoms. The predicted octanol–water partition coefficient (Wildman–Crippen LogP) is 3.65. The van der Waals surface area contributed by atoms with Crippen molar-refractivity contribution in [1.29, 1.82) is 0 Å². The third-order valence-electron chi connectivity index (χ3n) is 2.29. The highest BCUT2D eigenvalue weighted by molar-refractivity contribution is 5.86. The molecule has 0 N–H and O–H groups in total. The number of rotatable bonds is 4. The molecule has 5 nitrogen and oxygen atoms in total. The number of alkyl halides is 3. The molecule has 0 bridgehead atoms. The van der Waals surface area contributed by atoms with Gasteiger partial charge in [0.1, 0.15) is 11.4 Å². The molecule has 0 aliphatic carbocycles. The molecule has 1 aromatic carbocycles. The average molecular weight is 333 g/mol. The van der Waals surface area contributed by atoms with Gasteiger partial charge in [0.15, 0.2) is 6.61 Å². The van der Waals surface area contributed by atoms with Crippen LogP contribution in [-0.2, 0) is 14.3 Å². The van der Waals surface area contributed by atoms with Crippen molar-refractivity contribution >= 4 is 17.6 Å². The van der Waals surface area contributed by atoms with E-state index in [9.17, 15) is 18.0 Å². The van der Waals surface area contributed by atoms with Crippen LogP contribution in [0.5, 0.6) is 5.75 Å². The van der Waals surface area contributed by atoms with Gasteiger partial charge in [-0.3, -0.25) is 0 Å².